The summed E-state index contributed by atoms with van der Waals surface area (Å²) in [6.07, 6.45) is 10.3. The normalized spacial score (nSPS) is 18.1. The molecule has 1 fully saturated rings. The fraction of sp³-hybridized carbons (Fsp3) is 0.500. The van der Waals surface area contributed by atoms with Gasteiger partial charge >= 0.3 is 5.97 Å². The Morgan fingerprint density at radius 2 is 2.19 bits per heavy atom. The van der Waals surface area contributed by atoms with Gasteiger partial charge in [-0.2, -0.15) is 0 Å². The smallest absolute Gasteiger partial charge is 0.354 e. The minimum Gasteiger partial charge on any atom is -0.477 e. The number of aromatic carboxylic acids is 1. The third kappa shape index (κ3) is 6.66. The highest BCUT2D eigenvalue weighted by Gasteiger charge is 2.28. The molecule has 146 valence electrons. The lowest BCUT2D eigenvalue weighted by Gasteiger charge is -2.22. The number of likely N-dealkylation sites (tertiary alicyclic amines) is 1. The Bertz CT molecular complexity index is 722. The topological polar surface area (TPSA) is 70.5 Å². The zero-order chi connectivity index (χ0) is 19.8. The summed E-state index contributed by atoms with van der Waals surface area (Å²) in [5.41, 5.74) is 2.16. The van der Waals surface area contributed by atoms with Crippen molar-refractivity contribution in [3.8, 4) is 0 Å². The van der Waals surface area contributed by atoms with Gasteiger partial charge in [-0.25, -0.2) is 9.78 Å². The molecule has 1 aliphatic rings. The number of allylic oxidation sites excluding steroid dienone is 3. The van der Waals surface area contributed by atoms with Gasteiger partial charge in [0.05, 0.1) is 6.04 Å². The second-order valence-electron chi connectivity index (χ2n) is 7.61. The fourth-order valence-electron chi connectivity index (χ4n) is 3.47. The number of hydrogen-bond acceptors (Lipinski definition) is 3. The van der Waals surface area contributed by atoms with Gasteiger partial charge in [0.1, 0.15) is 5.69 Å². The molecule has 1 N–H and O–H groups in total. The van der Waals surface area contributed by atoms with Crippen LogP contribution in [0, 0.1) is 5.92 Å². The third-order valence-corrected chi connectivity index (χ3v) is 4.68. The molecule has 0 bridgehead atoms. The van der Waals surface area contributed by atoms with Gasteiger partial charge in [0, 0.05) is 18.7 Å². The summed E-state index contributed by atoms with van der Waals surface area (Å²) in [6, 6.07) is 5.19. The van der Waals surface area contributed by atoms with Crippen molar-refractivity contribution < 1.29 is 14.7 Å². The van der Waals surface area contributed by atoms with E-state index in [0.717, 1.165) is 25.0 Å². The number of nitrogens with zero attached hydrogens (tertiary/aromatic N) is 2. The van der Waals surface area contributed by atoms with Gasteiger partial charge in [0.15, 0.2) is 0 Å². The summed E-state index contributed by atoms with van der Waals surface area (Å²) in [4.78, 5) is 29.3. The maximum Gasteiger partial charge on any atom is 0.354 e. The molecule has 0 spiro atoms. The molecule has 0 radical (unpaired) electrons. The summed E-state index contributed by atoms with van der Waals surface area (Å²) in [5.74, 6) is -0.176. The minimum atomic E-state index is -1.02. The van der Waals surface area contributed by atoms with E-state index in [4.69, 9.17) is 5.11 Å². The molecule has 1 aromatic heterocycles. The number of carboxylic acids is 1. The molecule has 0 unspecified atom stereocenters. The highest BCUT2D eigenvalue weighted by atomic mass is 16.4. The SMILES string of the molecule is C/C(=C\C=C/[C@H]1CCC(=O)N1CCCc1cccc(C(=O)O)n1)CC(C)C. The van der Waals surface area contributed by atoms with Crippen LogP contribution in [0.5, 0.6) is 0 Å². The molecule has 1 atom stereocenters. The molecular formula is C22H30N2O3. The van der Waals surface area contributed by atoms with E-state index in [1.54, 1.807) is 6.07 Å². The van der Waals surface area contributed by atoms with Crippen molar-refractivity contribution in [1.82, 2.24) is 9.88 Å². The van der Waals surface area contributed by atoms with Crippen LogP contribution in [0.15, 0.2) is 42.0 Å². The van der Waals surface area contributed by atoms with E-state index >= 15 is 0 Å². The molecule has 5 nitrogen and oxygen atoms in total. The number of pyridine rings is 1. The molecule has 1 amide bonds. The highest BCUT2D eigenvalue weighted by molar-refractivity contribution is 5.85. The molecule has 1 aliphatic heterocycles. The Labute approximate surface area is 161 Å². The highest BCUT2D eigenvalue weighted by Crippen LogP contribution is 2.21. The van der Waals surface area contributed by atoms with Crippen LogP contribution in [0.1, 0.15) is 62.6 Å². The van der Waals surface area contributed by atoms with E-state index in [-0.39, 0.29) is 17.6 Å². The van der Waals surface area contributed by atoms with Gasteiger partial charge < -0.3 is 10.0 Å². The second kappa shape index (κ2) is 10.0. The minimum absolute atomic E-state index is 0.0640. The van der Waals surface area contributed by atoms with Crippen molar-refractivity contribution in [2.24, 2.45) is 5.92 Å². The third-order valence-electron chi connectivity index (χ3n) is 4.68. The summed E-state index contributed by atoms with van der Waals surface area (Å²) in [5, 5.41) is 9.02. The van der Waals surface area contributed by atoms with Crippen LogP contribution < -0.4 is 0 Å². The van der Waals surface area contributed by atoms with Gasteiger partial charge in [-0.05, 0) is 50.7 Å². The largest absolute Gasteiger partial charge is 0.477 e. The molecule has 1 saturated heterocycles. The maximum absolute atomic E-state index is 12.2. The van der Waals surface area contributed by atoms with E-state index in [2.05, 4.69) is 44.0 Å². The quantitative estimate of drug-likeness (QED) is 0.660. The monoisotopic (exact) mass is 370 g/mol. The molecule has 2 heterocycles. The summed E-state index contributed by atoms with van der Waals surface area (Å²) in [7, 11) is 0. The first-order chi connectivity index (χ1) is 12.9. The lowest BCUT2D eigenvalue weighted by atomic mass is 10.0. The molecule has 2 rings (SSSR count). The Hall–Kier alpha value is -2.43. The van der Waals surface area contributed by atoms with Crippen LogP contribution in [0.25, 0.3) is 0 Å². The first-order valence-corrected chi connectivity index (χ1v) is 9.69. The first-order valence-electron chi connectivity index (χ1n) is 9.69. The zero-order valence-corrected chi connectivity index (χ0v) is 16.5. The van der Waals surface area contributed by atoms with Crippen LogP contribution in [-0.2, 0) is 11.2 Å². The number of aryl methyl sites for hydroxylation is 1. The number of hydrogen-bond donors (Lipinski definition) is 1. The van der Waals surface area contributed by atoms with E-state index in [9.17, 15) is 9.59 Å². The molecule has 0 aliphatic carbocycles. The van der Waals surface area contributed by atoms with Gasteiger partial charge in [-0.1, -0.05) is 43.7 Å². The zero-order valence-electron chi connectivity index (χ0n) is 16.5. The molecule has 0 saturated carbocycles. The van der Waals surface area contributed by atoms with Crippen molar-refractivity contribution in [3.63, 3.8) is 0 Å². The predicted molar refractivity (Wildman–Crippen MR) is 107 cm³/mol. The summed E-state index contributed by atoms with van der Waals surface area (Å²) < 4.78 is 0. The Kier molecular flexibility index (Phi) is 7.77. The van der Waals surface area contributed by atoms with Gasteiger partial charge in [0.2, 0.25) is 5.91 Å². The average Bonchev–Trinajstić information content (AvgIpc) is 2.95. The van der Waals surface area contributed by atoms with Crippen LogP contribution in [0.4, 0.5) is 0 Å². The van der Waals surface area contributed by atoms with Crippen molar-refractivity contribution in [2.45, 2.75) is 58.9 Å². The average molecular weight is 370 g/mol. The van der Waals surface area contributed by atoms with E-state index in [0.29, 0.717) is 25.3 Å². The van der Waals surface area contributed by atoms with Gasteiger partial charge in [-0.15, -0.1) is 0 Å². The maximum atomic E-state index is 12.2. The van der Waals surface area contributed by atoms with E-state index < -0.39 is 5.97 Å². The van der Waals surface area contributed by atoms with E-state index in [1.165, 1.54) is 11.6 Å². The number of carbonyl (C=O) groups is 2. The summed E-state index contributed by atoms with van der Waals surface area (Å²) in [6.45, 7) is 7.22. The van der Waals surface area contributed by atoms with Crippen molar-refractivity contribution >= 4 is 11.9 Å². The first kappa shape index (κ1) is 20.9. The van der Waals surface area contributed by atoms with Gasteiger partial charge in [0.25, 0.3) is 0 Å². The van der Waals surface area contributed by atoms with E-state index in [1.807, 2.05) is 11.0 Å². The second-order valence-corrected chi connectivity index (χ2v) is 7.61. The fourth-order valence-corrected chi connectivity index (χ4v) is 3.47. The van der Waals surface area contributed by atoms with Crippen LogP contribution in [0.3, 0.4) is 0 Å². The number of amides is 1. The van der Waals surface area contributed by atoms with Crippen LogP contribution in [-0.4, -0.2) is 39.5 Å². The summed E-state index contributed by atoms with van der Waals surface area (Å²) >= 11 is 0. The van der Waals surface area contributed by atoms with Crippen molar-refractivity contribution in [2.75, 3.05) is 6.54 Å². The van der Waals surface area contributed by atoms with Crippen molar-refractivity contribution in [3.05, 3.63) is 53.4 Å². The van der Waals surface area contributed by atoms with Crippen molar-refractivity contribution in [1.29, 1.82) is 0 Å². The van der Waals surface area contributed by atoms with Crippen LogP contribution >= 0.6 is 0 Å². The lowest BCUT2D eigenvalue weighted by Crippen LogP contribution is -2.32. The molecule has 1 aromatic rings. The van der Waals surface area contributed by atoms with Gasteiger partial charge in [-0.3, -0.25) is 4.79 Å². The Morgan fingerprint density at radius 3 is 2.89 bits per heavy atom. The predicted octanol–water partition coefficient (Wildman–Crippen LogP) is 4.25. The molecule has 27 heavy (non-hydrogen) atoms. The number of aromatic nitrogens is 1. The molecular weight excluding hydrogens is 340 g/mol. The lowest BCUT2D eigenvalue weighted by molar-refractivity contribution is -0.128. The Balaban J connectivity index is 1.89. The number of carboxylic acid groups (broad SMARTS) is 1. The van der Waals surface area contributed by atoms with Crippen LogP contribution in [0.2, 0.25) is 0 Å². The molecule has 0 aromatic carbocycles. The number of rotatable bonds is 9. The standard InChI is InChI=1S/C22H30N2O3/c1-16(2)15-17(3)7-4-10-19-12-13-21(25)24(19)14-6-9-18-8-5-11-20(23-18)22(26)27/h4-5,7-8,10-11,16,19H,6,9,12-15H2,1-3H3,(H,26,27)/b10-4-,17-7+/t19-/m0/s1. The Morgan fingerprint density at radius 1 is 1.41 bits per heavy atom. The molecule has 5 heteroatoms. The number of carbonyl (C=O) groups excluding carboxylic acids is 1.